The second-order valence-electron chi connectivity index (χ2n) is 5.93. The van der Waals surface area contributed by atoms with Crippen molar-refractivity contribution < 1.29 is 0 Å². The van der Waals surface area contributed by atoms with Crippen LogP contribution in [-0.4, -0.2) is 9.97 Å². The van der Waals surface area contributed by atoms with Crippen LogP contribution in [0.5, 0.6) is 0 Å². The number of rotatable bonds is 3. The molecule has 2 fully saturated rings. The molecule has 0 saturated heterocycles. The van der Waals surface area contributed by atoms with Gasteiger partial charge in [-0.3, -0.25) is 4.79 Å². The Morgan fingerprint density at radius 3 is 2.47 bits per heavy atom. The monoisotopic (exact) mass is 230 g/mol. The lowest BCUT2D eigenvalue weighted by atomic mass is 9.96. The molecule has 0 unspecified atom stereocenters. The van der Waals surface area contributed by atoms with E-state index in [9.17, 15) is 4.79 Å². The maximum absolute atomic E-state index is 12.0. The van der Waals surface area contributed by atoms with E-state index < -0.39 is 0 Å². The summed E-state index contributed by atoms with van der Waals surface area (Å²) in [5.74, 6) is 3.20. The molecule has 0 atom stereocenters. The smallest absolute Gasteiger partial charge is 0.254 e. The number of nitrogens with zero attached hydrogens (tertiary/aromatic N) is 1. The van der Waals surface area contributed by atoms with Gasteiger partial charge in [-0.05, 0) is 56.8 Å². The second-order valence-corrected chi connectivity index (χ2v) is 5.93. The molecule has 3 heteroatoms. The van der Waals surface area contributed by atoms with Gasteiger partial charge in [0.2, 0.25) is 0 Å². The summed E-state index contributed by atoms with van der Waals surface area (Å²) in [4.78, 5) is 19.9. The molecule has 1 N–H and O–H groups in total. The Morgan fingerprint density at radius 2 is 1.82 bits per heavy atom. The minimum absolute atomic E-state index is 0.147. The van der Waals surface area contributed by atoms with Crippen LogP contribution in [-0.2, 0) is 12.8 Å². The first-order chi connectivity index (χ1) is 8.33. The van der Waals surface area contributed by atoms with Crippen LogP contribution in [0.1, 0.15) is 55.1 Å². The molecule has 2 saturated carbocycles. The van der Waals surface area contributed by atoms with Crippen molar-refractivity contribution >= 4 is 0 Å². The largest absolute Gasteiger partial charge is 0.310 e. The minimum atomic E-state index is 0.147. The Labute approximate surface area is 101 Å². The molecule has 0 bridgehead atoms. The summed E-state index contributed by atoms with van der Waals surface area (Å²) < 4.78 is 0. The maximum atomic E-state index is 12.0. The average molecular weight is 230 g/mol. The normalized spacial score (nSPS) is 23.1. The fourth-order valence-electron chi connectivity index (χ4n) is 3.36. The molecule has 1 aromatic heterocycles. The zero-order valence-electron chi connectivity index (χ0n) is 10.0. The van der Waals surface area contributed by atoms with E-state index in [0.29, 0.717) is 5.92 Å². The van der Waals surface area contributed by atoms with Crippen LogP contribution in [0.25, 0.3) is 0 Å². The van der Waals surface area contributed by atoms with Gasteiger partial charge >= 0.3 is 0 Å². The summed E-state index contributed by atoms with van der Waals surface area (Å²) in [5.41, 5.74) is 2.20. The van der Waals surface area contributed by atoms with Crippen LogP contribution in [0.15, 0.2) is 4.79 Å². The molecule has 90 valence electrons. The van der Waals surface area contributed by atoms with E-state index in [2.05, 4.69) is 4.98 Å². The van der Waals surface area contributed by atoms with E-state index >= 15 is 0 Å². The fraction of sp³-hybridized carbons (Fsp3) is 0.714. The molecule has 0 spiro atoms. The van der Waals surface area contributed by atoms with Gasteiger partial charge in [-0.25, -0.2) is 4.98 Å². The summed E-state index contributed by atoms with van der Waals surface area (Å²) in [6, 6.07) is 0. The number of hydrogen-bond acceptors (Lipinski definition) is 2. The molecular weight excluding hydrogens is 212 g/mol. The molecule has 17 heavy (non-hydrogen) atoms. The van der Waals surface area contributed by atoms with Gasteiger partial charge in [-0.1, -0.05) is 0 Å². The first-order valence-electron chi connectivity index (χ1n) is 6.95. The summed E-state index contributed by atoms with van der Waals surface area (Å²) in [6.07, 6.45) is 8.38. The molecule has 1 aromatic rings. The zero-order valence-corrected chi connectivity index (χ0v) is 10.0. The van der Waals surface area contributed by atoms with Crippen molar-refractivity contribution in [2.75, 3.05) is 0 Å². The van der Waals surface area contributed by atoms with Gasteiger partial charge in [0, 0.05) is 11.5 Å². The summed E-state index contributed by atoms with van der Waals surface area (Å²) >= 11 is 0. The van der Waals surface area contributed by atoms with Crippen LogP contribution < -0.4 is 5.56 Å². The predicted molar refractivity (Wildman–Crippen MR) is 65.1 cm³/mol. The van der Waals surface area contributed by atoms with Crippen LogP contribution in [0.2, 0.25) is 0 Å². The highest BCUT2D eigenvalue weighted by Gasteiger charge is 2.44. The maximum Gasteiger partial charge on any atom is 0.254 e. The number of aryl methyl sites for hydroxylation is 1. The van der Waals surface area contributed by atoms with Gasteiger partial charge in [-0.2, -0.15) is 0 Å². The zero-order chi connectivity index (χ0) is 11.4. The topological polar surface area (TPSA) is 45.8 Å². The highest BCUT2D eigenvalue weighted by atomic mass is 16.1. The van der Waals surface area contributed by atoms with Crippen molar-refractivity contribution in [2.24, 2.45) is 11.8 Å². The second kappa shape index (κ2) is 3.44. The standard InChI is InChI=1S/C14H18N2O/c17-14-10-2-1-3-11(10)15-13(16-14)12(8-4-5-8)9-6-7-9/h8-9,12H,1-7H2,(H,15,16,17). The lowest BCUT2D eigenvalue weighted by Gasteiger charge is -2.15. The van der Waals surface area contributed by atoms with Crippen LogP contribution in [0, 0.1) is 11.8 Å². The molecule has 0 aromatic carbocycles. The van der Waals surface area contributed by atoms with Crippen molar-refractivity contribution in [3.8, 4) is 0 Å². The number of fused-ring (bicyclic) bond motifs is 1. The number of aromatic amines is 1. The van der Waals surface area contributed by atoms with Crippen molar-refractivity contribution in [2.45, 2.75) is 50.9 Å². The van der Waals surface area contributed by atoms with Gasteiger partial charge < -0.3 is 4.98 Å². The SMILES string of the molecule is O=c1[nH]c(C(C2CC2)C2CC2)nc2c1CCC2. The van der Waals surface area contributed by atoms with E-state index in [0.717, 1.165) is 48.2 Å². The van der Waals surface area contributed by atoms with Crippen molar-refractivity contribution in [1.29, 1.82) is 0 Å². The van der Waals surface area contributed by atoms with Crippen LogP contribution in [0.4, 0.5) is 0 Å². The molecule has 3 aliphatic carbocycles. The lowest BCUT2D eigenvalue weighted by molar-refractivity contribution is 0.504. The summed E-state index contributed by atoms with van der Waals surface area (Å²) in [6.45, 7) is 0. The summed E-state index contributed by atoms with van der Waals surface area (Å²) in [7, 11) is 0. The Kier molecular flexibility index (Phi) is 1.99. The van der Waals surface area contributed by atoms with E-state index in [-0.39, 0.29) is 5.56 Å². The molecule has 3 aliphatic rings. The van der Waals surface area contributed by atoms with E-state index in [1.54, 1.807) is 0 Å². The van der Waals surface area contributed by atoms with Crippen LogP contribution in [0.3, 0.4) is 0 Å². The lowest BCUT2D eigenvalue weighted by Crippen LogP contribution is -2.20. The fourth-order valence-corrected chi connectivity index (χ4v) is 3.36. The summed E-state index contributed by atoms with van der Waals surface area (Å²) in [5, 5.41) is 0. The van der Waals surface area contributed by atoms with Gasteiger partial charge in [0.05, 0.1) is 5.69 Å². The van der Waals surface area contributed by atoms with Crippen molar-refractivity contribution in [3.63, 3.8) is 0 Å². The quantitative estimate of drug-likeness (QED) is 0.865. The Bertz CT molecular complexity index is 499. The van der Waals surface area contributed by atoms with Gasteiger partial charge in [0.1, 0.15) is 5.82 Å². The molecule has 0 aliphatic heterocycles. The van der Waals surface area contributed by atoms with E-state index in [1.165, 1.54) is 25.7 Å². The molecule has 3 nitrogen and oxygen atoms in total. The molecular formula is C14H18N2O. The Balaban J connectivity index is 1.77. The van der Waals surface area contributed by atoms with Gasteiger partial charge in [0.15, 0.2) is 0 Å². The Morgan fingerprint density at radius 1 is 1.12 bits per heavy atom. The third kappa shape index (κ3) is 1.63. The first kappa shape index (κ1) is 9.86. The van der Waals surface area contributed by atoms with Crippen LogP contribution >= 0.6 is 0 Å². The average Bonchev–Trinajstić information content (AvgIpc) is 3.22. The number of aromatic nitrogens is 2. The van der Waals surface area contributed by atoms with Gasteiger partial charge in [0.25, 0.3) is 5.56 Å². The Hall–Kier alpha value is -1.12. The molecule has 0 radical (unpaired) electrons. The van der Waals surface area contributed by atoms with Gasteiger partial charge in [-0.15, -0.1) is 0 Å². The minimum Gasteiger partial charge on any atom is -0.310 e. The molecule has 0 amide bonds. The highest BCUT2D eigenvalue weighted by molar-refractivity contribution is 5.24. The highest BCUT2D eigenvalue weighted by Crippen LogP contribution is 2.53. The molecule has 4 rings (SSSR count). The first-order valence-corrected chi connectivity index (χ1v) is 6.95. The third-order valence-electron chi connectivity index (χ3n) is 4.54. The van der Waals surface area contributed by atoms with Crippen molar-refractivity contribution in [3.05, 3.63) is 27.4 Å². The van der Waals surface area contributed by atoms with Crippen molar-refractivity contribution in [1.82, 2.24) is 9.97 Å². The van der Waals surface area contributed by atoms with E-state index in [1.807, 2.05) is 0 Å². The number of nitrogens with one attached hydrogen (secondary N) is 1. The number of hydrogen-bond donors (Lipinski definition) is 1. The molecule has 1 heterocycles. The third-order valence-corrected chi connectivity index (χ3v) is 4.54. The van der Waals surface area contributed by atoms with E-state index in [4.69, 9.17) is 4.98 Å². The predicted octanol–water partition coefficient (Wildman–Crippen LogP) is 2.16. The number of H-pyrrole nitrogens is 1.